The Balaban J connectivity index is 1.87. The van der Waals surface area contributed by atoms with Crippen LogP contribution in [0.3, 0.4) is 0 Å². The summed E-state index contributed by atoms with van der Waals surface area (Å²) < 4.78 is 5.52. The van der Waals surface area contributed by atoms with Crippen molar-refractivity contribution in [1.29, 1.82) is 0 Å². The van der Waals surface area contributed by atoms with Crippen molar-refractivity contribution in [2.75, 3.05) is 11.9 Å². The monoisotopic (exact) mass is 380 g/mol. The van der Waals surface area contributed by atoms with E-state index in [1.807, 2.05) is 23.9 Å². The first-order valence-corrected chi connectivity index (χ1v) is 7.94. The molecular formula is C15H17ClN6O4. The Morgan fingerprint density at radius 2 is 2.19 bits per heavy atom. The highest BCUT2D eigenvalue weighted by Gasteiger charge is 2.06. The standard InChI is InChI=1S/C15H17ClN6O4/c1-8(2)26-11-4-3-9(5-10(11)16)6-18-20-12(23)7-17-13-14(24)19-15(25)22-21-13/h3-6,8H,7H2,1-2H3,(H,17,21)(H,20,23)(H2,19,22,24,25)/b18-6+. The number of nitrogens with one attached hydrogen (secondary N) is 4. The van der Waals surface area contributed by atoms with Gasteiger partial charge in [0, 0.05) is 0 Å². The molecule has 4 N–H and O–H groups in total. The van der Waals surface area contributed by atoms with Crippen molar-refractivity contribution in [1.82, 2.24) is 20.6 Å². The molecule has 0 radical (unpaired) electrons. The number of hydrogen-bond donors (Lipinski definition) is 4. The number of ether oxygens (including phenoxy) is 1. The van der Waals surface area contributed by atoms with Gasteiger partial charge in [-0.2, -0.15) is 5.10 Å². The van der Waals surface area contributed by atoms with E-state index in [9.17, 15) is 14.4 Å². The van der Waals surface area contributed by atoms with Crippen molar-refractivity contribution in [3.05, 3.63) is 49.6 Å². The maximum absolute atomic E-state index is 11.7. The molecule has 0 aliphatic carbocycles. The maximum Gasteiger partial charge on any atom is 0.342 e. The lowest BCUT2D eigenvalue weighted by Crippen LogP contribution is -2.31. The molecule has 0 atom stereocenters. The van der Waals surface area contributed by atoms with Gasteiger partial charge in [0.2, 0.25) is 5.82 Å². The number of benzene rings is 1. The first-order valence-electron chi connectivity index (χ1n) is 7.56. The van der Waals surface area contributed by atoms with Gasteiger partial charge in [-0.05, 0) is 37.6 Å². The Labute approximate surface area is 152 Å². The molecule has 1 aromatic heterocycles. The van der Waals surface area contributed by atoms with E-state index in [4.69, 9.17) is 16.3 Å². The molecule has 0 spiro atoms. The first kappa shape index (κ1) is 19.2. The molecule has 11 heteroatoms. The lowest BCUT2D eigenvalue weighted by atomic mass is 10.2. The Bertz CT molecular complexity index is 921. The predicted octanol–water partition coefficient (Wildman–Crippen LogP) is 0.461. The van der Waals surface area contributed by atoms with E-state index in [2.05, 4.69) is 20.9 Å². The van der Waals surface area contributed by atoms with Gasteiger partial charge in [0.1, 0.15) is 5.75 Å². The van der Waals surface area contributed by atoms with Crippen LogP contribution in [-0.4, -0.2) is 40.0 Å². The minimum absolute atomic E-state index is 0.00276. The molecular weight excluding hydrogens is 364 g/mol. The minimum atomic E-state index is -0.738. The number of carbonyl (C=O) groups is 1. The van der Waals surface area contributed by atoms with Gasteiger partial charge in [-0.25, -0.2) is 15.3 Å². The van der Waals surface area contributed by atoms with E-state index in [0.717, 1.165) is 0 Å². The summed E-state index contributed by atoms with van der Waals surface area (Å²) in [5.74, 6) is -0.138. The molecule has 2 rings (SSSR count). The lowest BCUT2D eigenvalue weighted by Gasteiger charge is -2.11. The second-order valence-corrected chi connectivity index (χ2v) is 5.77. The van der Waals surface area contributed by atoms with E-state index < -0.39 is 17.2 Å². The average molecular weight is 381 g/mol. The number of aromatic amines is 2. The molecule has 2 aromatic rings. The SMILES string of the molecule is CC(C)Oc1ccc(/C=N/NC(=O)CNc2n[nH]c(=O)[nH]c2=O)cc1Cl. The highest BCUT2D eigenvalue weighted by atomic mass is 35.5. The van der Waals surface area contributed by atoms with Crippen LogP contribution in [0.5, 0.6) is 5.75 Å². The van der Waals surface area contributed by atoms with Gasteiger partial charge in [-0.1, -0.05) is 11.6 Å². The molecule has 1 amide bonds. The molecule has 26 heavy (non-hydrogen) atoms. The fourth-order valence-electron chi connectivity index (χ4n) is 1.80. The number of H-pyrrole nitrogens is 2. The van der Waals surface area contributed by atoms with Gasteiger partial charge in [-0.15, -0.1) is 5.10 Å². The Hall–Kier alpha value is -3.14. The zero-order valence-corrected chi connectivity index (χ0v) is 14.8. The largest absolute Gasteiger partial charge is 0.489 e. The van der Waals surface area contributed by atoms with Gasteiger partial charge in [0.15, 0.2) is 0 Å². The molecule has 138 valence electrons. The summed E-state index contributed by atoms with van der Waals surface area (Å²) in [6, 6.07) is 5.10. The second kappa shape index (κ2) is 8.81. The zero-order valence-electron chi connectivity index (χ0n) is 14.0. The number of hydrogen-bond acceptors (Lipinski definition) is 7. The third-order valence-corrected chi connectivity index (χ3v) is 3.14. The maximum atomic E-state index is 11.7. The molecule has 1 aromatic carbocycles. The van der Waals surface area contributed by atoms with Crippen LogP contribution >= 0.6 is 11.6 Å². The van der Waals surface area contributed by atoms with Crippen LogP contribution < -0.4 is 26.7 Å². The fraction of sp³-hybridized carbons (Fsp3) is 0.267. The summed E-state index contributed by atoms with van der Waals surface area (Å²) in [5, 5.41) is 12.2. The van der Waals surface area contributed by atoms with Crippen molar-refractivity contribution in [2.45, 2.75) is 20.0 Å². The summed E-state index contributed by atoms with van der Waals surface area (Å²) in [7, 11) is 0. The summed E-state index contributed by atoms with van der Waals surface area (Å²) in [5.41, 5.74) is 1.47. The zero-order chi connectivity index (χ0) is 19.1. The Morgan fingerprint density at radius 3 is 2.85 bits per heavy atom. The van der Waals surface area contributed by atoms with Crippen LogP contribution in [0, 0.1) is 0 Å². The van der Waals surface area contributed by atoms with Gasteiger partial charge in [0.25, 0.3) is 11.5 Å². The van der Waals surface area contributed by atoms with Crippen LogP contribution in [0.25, 0.3) is 0 Å². The summed E-state index contributed by atoms with van der Waals surface area (Å²) in [6.45, 7) is 3.53. The minimum Gasteiger partial charge on any atom is -0.489 e. The smallest absolute Gasteiger partial charge is 0.342 e. The van der Waals surface area contributed by atoms with Crippen molar-refractivity contribution in [3.8, 4) is 5.75 Å². The molecule has 1 heterocycles. The van der Waals surface area contributed by atoms with E-state index >= 15 is 0 Å². The Morgan fingerprint density at radius 1 is 1.42 bits per heavy atom. The van der Waals surface area contributed by atoms with Crippen LogP contribution in [0.2, 0.25) is 5.02 Å². The molecule has 0 bridgehead atoms. The number of amides is 1. The molecule has 0 unspecified atom stereocenters. The van der Waals surface area contributed by atoms with Crippen molar-refractivity contribution in [2.24, 2.45) is 5.10 Å². The number of nitrogens with zero attached hydrogens (tertiary/aromatic N) is 2. The second-order valence-electron chi connectivity index (χ2n) is 5.36. The fourth-order valence-corrected chi connectivity index (χ4v) is 2.03. The topological polar surface area (TPSA) is 141 Å². The third-order valence-electron chi connectivity index (χ3n) is 2.85. The van der Waals surface area contributed by atoms with Crippen LogP contribution in [0.4, 0.5) is 5.82 Å². The summed E-state index contributed by atoms with van der Waals surface area (Å²) >= 11 is 6.11. The molecule has 0 fully saturated rings. The number of aromatic nitrogens is 3. The normalized spacial score (nSPS) is 10.9. The molecule has 10 nitrogen and oxygen atoms in total. The third kappa shape index (κ3) is 5.74. The number of halogens is 1. The van der Waals surface area contributed by atoms with Crippen molar-refractivity contribution < 1.29 is 9.53 Å². The van der Waals surface area contributed by atoms with Crippen LogP contribution in [0.15, 0.2) is 32.9 Å². The van der Waals surface area contributed by atoms with E-state index in [-0.39, 0.29) is 18.5 Å². The number of rotatable bonds is 7. The highest BCUT2D eigenvalue weighted by molar-refractivity contribution is 6.32. The molecule has 0 saturated carbocycles. The lowest BCUT2D eigenvalue weighted by molar-refractivity contribution is -0.119. The number of hydrazone groups is 1. The molecule has 0 aliphatic heterocycles. The van der Waals surface area contributed by atoms with Crippen molar-refractivity contribution in [3.63, 3.8) is 0 Å². The number of carbonyl (C=O) groups excluding carboxylic acids is 1. The van der Waals surface area contributed by atoms with Gasteiger partial charge >= 0.3 is 5.69 Å². The van der Waals surface area contributed by atoms with Gasteiger partial charge in [0.05, 0.1) is 23.9 Å². The molecule has 0 saturated heterocycles. The van der Waals surface area contributed by atoms with E-state index in [1.54, 1.807) is 18.2 Å². The summed E-state index contributed by atoms with van der Waals surface area (Å²) in [6.07, 6.45) is 1.41. The van der Waals surface area contributed by atoms with Crippen molar-refractivity contribution >= 4 is 29.5 Å². The van der Waals surface area contributed by atoms with E-state index in [0.29, 0.717) is 16.3 Å². The predicted molar refractivity (Wildman–Crippen MR) is 96.9 cm³/mol. The quantitative estimate of drug-likeness (QED) is 0.406. The van der Waals surface area contributed by atoms with Crippen LogP contribution in [-0.2, 0) is 4.79 Å². The van der Waals surface area contributed by atoms with E-state index in [1.165, 1.54) is 6.21 Å². The van der Waals surface area contributed by atoms with Crippen LogP contribution in [0.1, 0.15) is 19.4 Å². The number of anilines is 1. The summed E-state index contributed by atoms with van der Waals surface area (Å²) in [4.78, 5) is 35.9. The van der Waals surface area contributed by atoms with Gasteiger partial charge < -0.3 is 10.1 Å². The Kier molecular flexibility index (Phi) is 6.50. The average Bonchev–Trinajstić information content (AvgIpc) is 2.56. The molecule has 0 aliphatic rings. The first-order chi connectivity index (χ1) is 12.3. The van der Waals surface area contributed by atoms with Gasteiger partial charge in [-0.3, -0.25) is 14.6 Å². The highest BCUT2D eigenvalue weighted by Crippen LogP contribution is 2.25.